The predicted octanol–water partition coefficient (Wildman–Crippen LogP) is 2.59. The van der Waals surface area contributed by atoms with E-state index >= 15 is 0 Å². The van der Waals surface area contributed by atoms with Crippen LogP contribution < -0.4 is 16.4 Å². The van der Waals surface area contributed by atoms with Crippen molar-refractivity contribution < 1.29 is 23.5 Å². The third kappa shape index (κ3) is 4.68. The number of nitrogens with two attached hydrogens (primary N) is 1. The molecule has 2 unspecified atom stereocenters. The van der Waals surface area contributed by atoms with Crippen LogP contribution in [-0.4, -0.2) is 29.5 Å². The minimum Gasteiger partial charge on any atom is -0.416 e. The lowest BCUT2D eigenvalue weighted by Crippen LogP contribution is -2.55. The van der Waals surface area contributed by atoms with Crippen molar-refractivity contribution in [1.82, 2.24) is 10.6 Å². The van der Waals surface area contributed by atoms with Gasteiger partial charge in [0.2, 0.25) is 11.8 Å². The zero-order valence-corrected chi connectivity index (χ0v) is 17.1. The second-order valence-electron chi connectivity index (χ2n) is 7.18. The smallest absolute Gasteiger partial charge is 0.412 e. The first-order valence-electron chi connectivity index (χ1n) is 9.25. The highest BCUT2D eigenvalue weighted by molar-refractivity contribution is 7.09. The number of ether oxygens (including phenoxy) is 1. The molecule has 0 bridgehead atoms. The van der Waals surface area contributed by atoms with Gasteiger partial charge in [-0.05, 0) is 30.4 Å². The van der Waals surface area contributed by atoms with E-state index in [1.54, 1.807) is 5.38 Å². The lowest BCUT2D eigenvalue weighted by atomic mass is 10.0. The van der Waals surface area contributed by atoms with E-state index in [0.29, 0.717) is 6.42 Å². The van der Waals surface area contributed by atoms with Crippen molar-refractivity contribution in [1.29, 1.82) is 0 Å². The first-order valence-corrected chi connectivity index (χ1v) is 10.1. The number of nitrogens with one attached hydrogen (secondary N) is 2. The summed E-state index contributed by atoms with van der Waals surface area (Å²) in [5, 5.41) is 6.64. The predicted molar refractivity (Wildman–Crippen MR) is 110 cm³/mol. The fourth-order valence-corrected chi connectivity index (χ4v) is 4.12. The lowest BCUT2D eigenvalue weighted by molar-refractivity contribution is -0.129. The molecular formula is C21H22FN3O4S. The highest BCUT2D eigenvalue weighted by Crippen LogP contribution is 2.51. The number of thiophene rings is 1. The molecule has 1 aromatic heterocycles. The minimum atomic E-state index is -1.26. The largest absolute Gasteiger partial charge is 0.416 e. The molecule has 9 heteroatoms. The van der Waals surface area contributed by atoms with Crippen molar-refractivity contribution in [3.63, 3.8) is 0 Å². The SMILES string of the molecule is C=C(C)OC(=O)NC(Cc1sccc1F)C(=O)N[C@]1(C(N)=O)CC1c1ccccc1. The van der Waals surface area contributed by atoms with Crippen LogP contribution in [-0.2, 0) is 20.7 Å². The molecule has 0 radical (unpaired) electrons. The molecule has 1 aliphatic rings. The third-order valence-electron chi connectivity index (χ3n) is 4.90. The molecule has 30 heavy (non-hydrogen) atoms. The van der Waals surface area contributed by atoms with Crippen LogP contribution in [0.4, 0.5) is 9.18 Å². The van der Waals surface area contributed by atoms with Crippen LogP contribution in [0.1, 0.15) is 29.7 Å². The number of rotatable bonds is 8. The Bertz CT molecular complexity index is 978. The molecule has 0 aliphatic heterocycles. The number of carbonyl (C=O) groups is 3. The van der Waals surface area contributed by atoms with Crippen LogP contribution in [0.3, 0.4) is 0 Å². The quantitative estimate of drug-likeness (QED) is 0.558. The van der Waals surface area contributed by atoms with Crippen molar-refractivity contribution in [2.75, 3.05) is 0 Å². The van der Waals surface area contributed by atoms with Gasteiger partial charge in [0.1, 0.15) is 17.4 Å². The number of hydrogen-bond acceptors (Lipinski definition) is 5. The maximum absolute atomic E-state index is 13.9. The van der Waals surface area contributed by atoms with Crippen LogP contribution >= 0.6 is 11.3 Å². The monoisotopic (exact) mass is 431 g/mol. The number of primary amides is 1. The second-order valence-corrected chi connectivity index (χ2v) is 8.18. The maximum Gasteiger partial charge on any atom is 0.412 e. The zero-order valence-electron chi connectivity index (χ0n) is 16.3. The molecule has 7 nitrogen and oxygen atoms in total. The molecule has 1 saturated carbocycles. The van der Waals surface area contributed by atoms with E-state index < -0.39 is 35.3 Å². The van der Waals surface area contributed by atoms with Gasteiger partial charge in [0, 0.05) is 17.2 Å². The molecule has 0 spiro atoms. The van der Waals surface area contributed by atoms with Crippen LogP contribution in [0.2, 0.25) is 0 Å². The van der Waals surface area contributed by atoms with Crippen molar-refractivity contribution >= 4 is 29.2 Å². The number of carbonyl (C=O) groups excluding carboxylic acids is 3. The van der Waals surface area contributed by atoms with Crippen LogP contribution in [0.25, 0.3) is 0 Å². The van der Waals surface area contributed by atoms with Crippen molar-refractivity contribution in [2.45, 2.75) is 37.3 Å². The van der Waals surface area contributed by atoms with E-state index in [1.807, 2.05) is 30.3 Å². The van der Waals surface area contributed by atoms with Gasteiger partial charge in [0.15, 0.2) is 0 Å². The topological polar surface area (TPSA) is 111 Å². The Morgan fingerprint density at radius 3 is 2.60 bits per heavy atom. The summed E-state index contributed by atoms with van der Waals surface area (Å²) in [5.41, 5.74) is 5.21. The molecule has 1 aliphatic carbocycles. The number of hydrogen-bond donors (Lipinski definition) is 3. The minimum absolute atomic E-state index is 0.106. The Morgan fingerprint density at radius 1 is 1.33 bits per heavy atom. The van der Waals surface area contributed by atoms with Gasteiger partial charge in [-0.25, -0.2) is 9.18 Å². The average Bonchev–Trinajstić information content (AvgIpc) is 3.28. The first kappa shape index (κ1) is 21.5. The van der Waals surface area contributed by atoms with E-state index in [1.165, 1.54) is 13.0 Å². The summed E-state index contributed by atoms with van der Waals surface area (Å²) in [6.45, 7) is 4.95. The van der Waals surface area contributed by atoms with Crippen LogP contribution in [0.15, 0.2) is 54.1 Å². The number of benzene rings is 1. The normalized spacial score (nSPS) is 20.7. The summed E-state index contributed by atoms with van der Waals surface area (Å²) in [5.74, 6) is -1.95. The van der Waals surface area contributed by atoms with E-state index in [9.17, 15) is 18.8 Å². The van der Waals surface area contributed by atoms with Gasteiger partial charge in [-0.15, -0.1) is 11.3 Å². The lowest BCUT2D eigenvalue weighted by Gasteiger charge is -2.22. The number of allylic oxidation sites excluding steroid dienone is 1. The molecule has 1 aromatic carbocycles. The van der Waals surface area contributed by atoms with Crippen molar-refractivity contribution in [2.24, 2.45) is 5.73 Å². The summed E-state index contributed by atoms with van der Waals surface area (Å²) in [4.78, 5) is 37.5. The fraction of sp³-hybridized carbons (Fsp3) is 0.286. The summed E-state index contributed by atoms with van der Waals surface area (Å²) >= 11 is 1.12. The summed E-state index contributed by atoms with van der Waals surface area (Å²) < 4.78 is 18.8. The van der Waals surface area contributed by atoms with E-state index in [4.69, 9.17) is 10.5 Å². The van der Waals surface area contributed by atoms with Gasteiger partial charge in [-0.1, -0.05) is 36.9 Å². The molecule has 1 heterocycles. The molecule has 4 N–H and O–H groups in total. The second kappa shape index (κ2) is 8.66. The molecular weight excluding hydrogens is 409 g/mol. The van der Waals surface area contributed by atoms with Gasteiger partial charge in [0.05, 0.1) is 5.76 Å². The molecule has 3 amide bonds. The molecule has 158 valence electrons. The standard InChI is InChI=1S/C21H22FN3O4S/c1-12(2)29-20(28)24-16(10-17-15(22)8-9-30-17)18(26)25-21(19(23)27)11-14(21)13-6-4-3-5-7-13/h3-9,14,16H,1,10-11H2,2H3,(H2,23,27)(H,24,28)(H,25,26)/t14?,16?,21-/m1/s1. The van der Waals surface area contributed by atoms with Crippen LogP contribution in [0, 0.1) is 5.82 Å². The number of halogens is 1. The Morgan fingerprint density at radius 2 is 2.03 bits per heavy atom. The molecule has 3 rings (SSSR count). The Labute approximate surface area is 177 Å². The Hall–Kier alpha value is -3.20. The summed E-state index contributed by atoms with van der Waals surface area (Å²) in [7, 11) is 0. The maximum atomic E-state index is 13.9. The van der Waals surface area contributed by atoms with Gasteiger partial charge < -0.3 is 21.1 Å². The highest BCUT2D eigenvalue weighted by atomic mass is 32.1. The number of amides is 3. The molecule has 3 atom stereocenters. The Kier molecular flexibility index (Phi) is 6.21. The first-order chi connectivity index (χ1) is 14.2. The van der Waals surface area contributed by atoms with Gasteiger partial charge in [-0.2, -0.15) is 0 Å². The van der Waals surface area contributed by atoms with Gasteiger partial charge >= 0.3 is 6.09 Å². The zero-order chi connectivity index (χ0) is 21.9. The Balaban J connectivity index is 1.79. The number of alkyl carbamates (subject to hydrolysis) is 1. The molecule has 2 aromatic rings. The molecule has 0 saturated heterocycles. The van der Waals surface area contributed by atoms with E-state index in [2.05, 4.69) is 17.2 Å². The van der Waals surface area contributed by atoms with Crippen molar-refractivity contribution in [3.8, 4) is 0 Å². The van der Waals surface area contributed by atoms with E-state index in [-0.39, 0.29) is 23.0 Å². The van der Waals surface area contributed by atoms with Crippen LogP contribution in [0.5, 0.6) is 0 Å². The third-order valence-corrected chi connectivity index (χ3v) is 5.82. The summed E-state index contributed by atoms with van der Waals surface area (Å²) in [6, 6.07) is 9.32. The highest BCUT2D eigenvalue weighted by Gasteiger charge is 2.61. The van der Waals surface area contributed by atoms with Gasteiger partial charge in [-0.3, -0.25) is 9.59 Å². The average molecular weight is 431 g/mol. The van der Waals surface area contributed by atoms with E-state index in [0.717, 1.165) is 16.9 Å². The fourth-order valence-electron chi connectivity index (χ4n) is 3.33. The van der Waals surface area contributed by atoms with Gasteiger partial charge in [0.25, 0.3) is 0 Å². The van der Waals surface area contributed by atoms with Crippen molar-refractivity contribution in [3.05, 3.63) is 70.4 Å². The summed E-state index contributed by atoms with van der Waals surface area (Å²) in [6.07, 6.45) is -0.664. The molecule has 1 fully saturated rings.